The normalized spacial score (nSPS) is 11.0. The van der Waals surface area contributed by atoms with Crippen LogP contribution in [0.5, 0.6) is 0 Å². The maximum absolute atomic E-state index is 12.6. The van der Waals surface area contributed by atoms with Crippen molar-refractivity contribution in [3.8, 4) is 0 Å². The van der Waals surface area contributed by atoms with Crippen molar-refractivity contribution in [1.82, 2.24) is 0 Å². The van der Waals surface area contributed by atoms with Gasteiger partial charge in [0, 0.05) is 5.69 Å². The van der Waals surface area contributed by atoms with E-state index in [1.54, 1.807) is 38.1 Å². The van der Waals surface area contributed by atoms with Gasteiger partial charge in [0.2, 0.25) is 15.9 Å². The van der Waals surface area contributed by atoms with E-state index < -0.39 is 21.9 Å². The molecular weight excluding hydrogens is 380 g/mol. The number of nitrogens with zero attached hydrogens (tertiary/aromatic N) is 1. The van der Waals surface area contributed by atoms with E-state index in [0.29, 0.717) is 11.4 Å². The molecule has 0 saturated carbocycles. The number of methoxy groups -OCH3 is 1. The second kappa shape index (κ2) is 8.43. The van der Waals surface area contributed by atoms with Gasteiger partial charge in [0.1, 0.15) is 6.54 Å². The average molecular weight is 404 g/mol. The topological polar surface area (TPSA) is 92.8 Å². The number of carbonyl (C=O) groups is 2. The van der Waals surface area contributed by atoms with Crippen molar-refractivity contribution in [1.29, 1.82) is 0 Å². The molecule has 0 aliphatic heterocycles. The summed E-state index contributed by atoms with van der Waals surface area (Å²) in [6, 6.07) is 10.1. The third-order valence-corrected chi connectivity index (χ3v) is 5.37. The predicted octanol–water partition coefficient (Wildman–Crippen LogP) is 2.80. The molecule has 0 heterocycles. The Kier molecular flexibility index (Phi) is 6.45. The van der Waals surface area contributed by atoms with Crippen molar-refractivity contribution in [3.63, 3.8) is 0 Å². The second-order valence-corrected chi connectivity index (χ2v) is 8.54. The first kappa shape index (κ1) is 21.4. The van der Waals surface area contributed by atoms with Gasteiger partial charge in [-0.05, 0) is 50.1 Å². The van der Waals surface area contributed by atoms with Gasteiger partial charge in [-0.2, -0.15) is 0 Å². The molecular formula is C20H24N2O5S. The Morgan fingerprint density at radius 3 is 2.29 bits per heavy atom. The molecule has 0 saturated heterocycles. The highest BCUT2D eigenvalue weighted by atomic mass is 32.2. The van der Waals surface area contributed by atoms with Crippen LogP contribution >= 0.6 is 0 Å². The number of esters is 1. The van der Waals surface area contributed by atoms with E-state index >= 15 is 0 Å². The van der Waals surface area contributed by atoms with Gasteiger partial charge in [-0.3, -0.25) is 9.10 Å². The first-order chi connectivity index (χ1) is 13.0. The largest absolute Gasteiger partial charge is 0.465 e. The van der Waals surface area contributed by atoms with E-state index in [2.05, 4.69) is 10.1 Å². The van der Waals surface area contributed by atoms with E-state index in [4.69, 9.17) is 0 Å². The van der Waals surface area contributed by atoms with Crippen LogP contribution in [0.3, 0.4) is 0 Å². The van der Waals surface area contributed by atoms with Gasteiger partial charge in [0.25, 0.3) is 0 Å². The molecule has 0 atom stereocenters. The Morgan fingerprint density at radius 2 is 1.71 bits per heavy atom. The molecule has 8 heteroatoms. The lowest BCUT2D eigenvalue weighted by Crippen LogP contribution is -2.38. The number of sulfonamides is 1. The minimum absolute atomic E-state index is 0.290. The summed E-state index contributed by atoms with van der Waals surface area (Å²) in [5, 5.41) is 2.68. The van der Waals surface area contributed by atoms with Crippen molar-refractivity contribution in [2.75, 3.05) is 29.5 Å². The number of carbonyl (C=O) groups excluding carboxylic acids is 2. The molecule has 150 valence electrons. The smallest absolute Gasteiger partial charge is 0.337 e. The summed E-state index contributed by atoms with van der Waals surface area (Å²) in [4.78, 5) is 24.3. The van der Waals surface area contributed by atoms with Crippen LogP contribution in [0.1, 0.15) is 27.0 Å². The summed E-state index contributed by atoms with van der Waals surface area (Å²) in [5.74, 6) is -1.04. The lowest BCUT2D eigenvalue weighted by molar-refractivity contribution is -0.114. The van der Waals surface area contributed by atoms with Crippen LogP contribution in [0, 0.1) is 20.8 Å². The van der Waals surface area contributed by atoms with Gasteiger partial charge in [-0.25, -0.2) is 13.2 Å². The van der Waals surface area contributed by atoms with Crippen LogP contribution in [0.15, 0.2) is 36.4 Å². The molecule has 0 fully saturated rings. The predicted molar refractivity (Wildman–Crippen MR) is 109 cm³/mol. The molecule has 0 aliphatic rings. The van der Waals surface area contributed by atoms with Crippen LogP contribution in [0.2, 0.25) is 0 Å². The highest BCUT2D eigenvalue weighted by Gasteiger charge is 2.23. The zero-order valence-electron chi connectivity index (χ0n) is 16.6. The third kappa shape index (κ3) is 5.10. The second-order valence-electron chi connectivity index (χ2n) is 6.63. The van der Waals surface area contributed by atoms with Crippen molar-refractivity contribution in [2.24, 2.45) is 0 Å². The van der Waals surface area contributed by atoms with Gasteiger partial charge in [-0.15, -0.1) is 0 Å². The number of hydrogen-bond acceptors (Lipinski definition) is 5. The number of nitrogens with one attached hydrogen (secondary N) is 1. The number of aryl methyl sites for hydroxylation is 3. The van der Waals surface area contributed by atoms with Crippen LogP contribution in [-0.2, 0) is 19.6 Å². The summed E-state index contributed by atoms with van der Waals surface area (Å²) in [7, 11) is -2.41. The molecule has 28 heavy (non-hydrogen) atoms. The van der Waals surface area contributed by atoms with Gasteiger partial charge in [-0.1, -0.05) is 23.8 Å². The first-order valence-corrected chi connectivity index (χ1v) is 10.4. The molecule has 0 aliphatic carbocycles. The lowest BCUT2D eigenvalue weighted by atomic mass is 10.1. The zero-order valence-corrected chi connectivity index (χ0v) is 17.4. The van der Waals surface area contributed by atoms with Gasteiger partial charge < -0.3 is 10.1 Å². The highest BCUT2D eigenvalue weighted by Crippen LogP contribution is 2.24. The number of amides is 1. The molecule has 7 nitrogen and oxygen atoms in total. The van der Waals surface area contributed by atoms with Crippen LogP contribution < -0.4 is 9.62 Å². The summed E-state index contributed by atoms with van der Waals surface area (Å²) >= 11 is 0. The van der Waals surface area contributed by atoms with Crippen LogP contribution in [0.4, 0.5) is 11.4 Å². The number of rotatable bonds is 6. The van der Waals surface area contributed by atoms with Crippen molar-refractivity contribution in [3.05, 3.63) is 58.7 Å². The summed E-state index contributed by atoms with van der Waals surface area (Å²) in [6.07, 6.45) is 1.06. The Labute approximate surface area is 165 Å². The van der Waals surface area contributed by atoms with Gasteiger partial charge in [0.15, 0.2) is 0 Å². The number of benzene rings is 2. The molecule has 2 aromatic rings. The maximum Gasteiger partial charge on any atom is 0.337 e. The Morgan fingerprint density at radius 1 is 1.04 bits per heavy atom. The van der Waals surface area contributed by atoms with Gasteiger partial charge >= 0.3 is 5.97 Å². The molecule has 0 bridgehead atoms. The standard InChI is InChI=1S/C20H24N2O5S/c1-13-6-9-18(15(3)10-13)22(28(5,25)26)12-19(23)21-17-11-16(20(24)27-4)8-7-14(17)2/h6-11H,12H2,1-5H3,(H,21,23). The molecule has 0 spiro atoms. The monoisotopic (exact) mass is 404 g/mol. The van der Waals surface area contributed by atoms with E-state index in [0.717, 1.165) is 27.3 Å². The molecule has 0 radical (unpaired) electrons. The summed E-state index contributed by atoms with van der Waals surface area (Å²) in [5.41, 5.74) is 3.64. The van der Waals surface area contributed by atoms with Crippen LogP contribution in [-0.4, -0.2) is 40.2 Å². The molecule has 2 rings (SSSR count). The SMILES string of the molecule is COC(=O)c1ccc(C)c(NC(=O)CN(c2ccc(C)cc2C)S(C)(=O)=O)c1. The van der Waals surface area contributed by atoms with E-state index in [9.17, 15) is 18.0 Å². The van der Waals surface area contributed by atoms with Crippen LogP contribution in [0.25, 0.3) is 0 Å². The fraction of sp³-hybridized carbons (Fsp3) is 0.300. The zero-order chi connectivity index (χ0) is 21.1. The summed E-state index contributed by atoms with van der Waals surface area (Å²) < 4.78 is 30.3. The number of ether oxygens (including phenoxy) is 1. The van der Waals surface area contributed by atoms with Crippen molar-refractivity contribution in [2.45, 2.75) is 20.8 Å². The highest BCUT2D eigenvalue weighted by molar-refractivity contribution is 7.92. The lowest BCUT2D eigenvalue weighted by Gasteiger charge is -2.24. The molecule has 0 unspecified atom stereocenters. The Hall–Kier alpha value is -2.87. The summed E-state index contributed by atoms with van der Waals surface area (Å²) in [6.45, 7) is 5.09. The fourth-order valence-electron chi connectivity index (χ4n) is 2.79. The molecule has 1 N–H and O–H groups in total. The molecule has 2 aromatic carbocycles. The molecule has 1 amide bonds. The Bertz CT molecular complexity index is 1020. The van der Waals surface area contributed by atoms with E-state index in [-0.39, 0.29) is 12.1 Å². The quantitative estimate of drug-likeness (QED) is 0.748. The minimum Gasteiger partial charge on any atom is -0.465 e. The minimum atomic E-state index is -3.68. The van der Waals surface area contributed by atoms with E-state index in [1.807, 2.05) is 13.0 Å². The van der Waals surface area contributed by atoms with Gasteiger partial charge in [0.05, 0.1) is 24.6 Å². The van der Waals surface area contributed by atoms with Crippen molar-refractivity contribution < 1.29 is 22.7 Å². The number of hydrogen-bond donors (Lipinski definition) is 1. The van der Waals surface area contributed by atoms with E-state index in [1.165, 1.54) is 13.2 Å². The average Bonchev–Trinajstić information content (AvgIpc) is 2.60. The number of anilines is 2. The Balaban J connectivity index is 2.29. The first-order valence-electron chi connectivity index (χ1n) is 8.56. The molecule has 0 aromatic heterocycles. The van der Waals surface area contributed by atoms with Crippen molar-refractivity contribution >= 4 is 33.3 Å². The maximum atomic E-state index is 12.6. The third-order valence-electron chi connectivity index (χ3n) is 4.24. The fourth-order valence-corrected chi connectivity index (χ4v) is 3.70.